The van der Waals surface area contributed by atoms with Crippen molar-refractivity contribution in [2.45, 2.75) is 12.5 Å². The summed E-state index contributed by atoms with van der Waals surface area (Å²) in [4.78, 5) is 1.36. The molecule has 1 atom stereocenters. The first-order valence-electron chi connectivity index (χ1n) is 4.99. The minimum absolute atomic E-state index is 0.307. The van der Waals surface area contributed by atoms with Crippen LogP contribution < -0.4 is 5.73 Å². The van der Waals surface area contributed by atoms with Gasteiger partial charge in [0.25, 0.3) is 0 Å². The van der Waals surface area contributed by atoms with Gasteiger partial charge in [-0.05, 0) is 22.9 Å². The molecule has 90 valence electrons. The van der Waals surface area contributed by atoms with Crippen LogP contribution in [0.15, 0.2) is 18.2 Å². The number of hydrogen-bond acceptors (Lipinski definition) is 4. The van der Waals surface area contributed by atoms with Crippen molar-refractivity contribution in [3.8, 4) is 0 Å². The predicted molar refractivity (Wildman–Crippen MR) is 60.8 cm³/mol. The minimum atomic E-state index is -0.386. The Bertz CT molecular complexity index is 527. The summed E-state index contributed by atoms with van der Waals surface area (Å²) < 4.78 is 12.9. The molecule has 0 aliphatic heterocycles. The number of tetrazole rings is 1. The molecule has 5 nitrogen and oxygen atoms in total. The Morgan fingerprint density at radius 1 is 1.53 bits per heavy atom. The smallest absolute Gasteiger partial charge is 0.176 e. The van der Waals surface area contributed by atoms with E-state index >= 15 is 0 Å². The van der Waals surface area contributed by atoms with E-state index in [-0.39, 0.29) is 11.9 Å². The molecule has 0 spiro atoms. The lowest BCUT2D eigenvalue weighted by Gasteiger charge is -2.11. The minimum Gasteiger partial charge on any atom is -0.324 e. The summed E-state index contributed by atoms with van der Waals surface area (Å²) in [7, 11) is 1.67. The van der Waals surface area contributed by atoms with E-state index in [0.29, 0.717) is 22.8 Å². The average molecular weight is 256 g/mol. The first-order chi connectivity index (χ1) is 8.06. The summed E-state index contributed by atoms with van der Waals surface area (Å²) in [6.45, 7) is 0. The lowest BCUT2D eigenvalue weighted by molar-refractivity contribution is 0.618. The second-order valence-corrected chi connectivity index (χ2v) is 4.08. The molecule has 2 rings (SSSR count). The molecule has 1 unspecified atom stereocenters. The van der Waals surface area contributed by atoms with Gasteiger partial charge < -0.3 is 5.73 Å². The topological polar surface area (TPSA) is 69.6 Å². The molecular formula is C10H11ClFN5. The van der Waals surface area contributed by atoms with Gasteiger partial charge in [-0.1, -0.05) is 17.7 Å². The zero-order chi connectivity index (χ0) is 12.4. The van der Waals surface area contributed by atoms with E-state index in [2.05, 4.69) is 15.4 Å². The molecule has 1 heterocycles. The second kappa shape index (κ2) is 4.77. The van der Waals surface area contributed by atoms with Crippen LogP contribution in [0.4, 0.5) is 4.39 Å². The van der Waals surface area contributed by atoms with Crippen LogP contribution in [0.5, 0.6) is 0 Å². The molecule has 1 aromatic heterocycles. The van der Waals surface area contributed by atoms with E-state index in [1.165, 1.54) is 16.9 Å². The maximum Gasteiger partial charge on any atom is 0.176 e. The number of hydrogen-bond donors (Lipinski definition) is 1. The zero-order valence-electron chi connectivity index (χ0n) is 9.14. The van der Waals surface area contributed by atoms with Gasteiger partial charge in [-0.3, -0.25) is 0 Å². The molecule has 17 heavy (non-hydrogen) atoms. The lowest BCUT2D eigenvalue weighted by atomic mass is 10.0. The Kier molecular flexibility index (Phi) is 3.35. The van der Waals surface area contributed by atoms with Crippen molar-refractivity contribution in [2.24, 2.45) is 12.8 Å². The Morgan fingerprint density at radius 2 is 2.29 bits per heavy atom. The number of nitrogens with two attached hydrogens (primary N) is 1. The Balaban J connectivity index is 2.17. The molecule has 0 saturated heterocycles. The molecule has 1 aromatic carbocycles. The van der Waals surface area contributed by atoms with Gasteiger partial charge >= 0.3 is 0 Å². The summed E-state index contributed by atoms with van der Waals surface area (Å²) in [5.74, 6) is 0.143. The van der Waals surface area contributed by atoms with Crippen LogP contribution >= 0.6 is 11.6 Å². The van der Waals surface area contributed by atoms with Crippen LogP contribution in [0.3, 0.4) is 0 Å². The first kappa shape index (κ1) is 11.9. The van der Waals surface area contributed by atoms with Crippen molar-refractivity contribution in [3.63, 3.8) is 0 Å². The van der Waals surface area contributed by atoms with Crippen LogP contribution in [0.2, 0.25) is 5.02 Å². The second-order valence-electron chi connectivity index (χ2n) is 3.67. The molecule has 0 fully saturated rings. The van der Waals surface area contributed by atoms with Gasteiger partial charge in [-0.15, -0.1) is 10.2 Å². The fraction of sp³-hybridized carbons (Fsp3) is 0.300. The SMILES string of the molecule is Cn1nnc(CC(N)c2ccc(F)cc2Cl)n1. The molecule has 0 radical (unpaired) electrons. The third-order valence-electron chi connectivity index (χ3n) is 2.31. The highest BCUT2D eigenvalue weighted by Crippen LogP contribution is 2.24. The summed E-state index contributed by atoms with van der Waals surface area (Å²) in [5, 5.41) is 11.9. The molecular weight excluding hydrogens is 245 g/mol. The first-order valence-corrected chi connectivity index (χ1v) is 5.37. The monoisotopic (exact) mass is 255 g/mol. The van der Waals surface area contributed by atoms with E-state index in [0.717, 1.165) is 0 Å². The highest BCUT2D eigenvalue weighted by molar-refractivity contribution is 6.31. The van der Waals surface area contributed by atoms with Crippen LogP contribution in [0.1, 0.15) is 17.4 Å². The van der Waals surface area contributed by atoms with E-state index in [9.17, 15) is 4.39 Å². The van der Waals surface area contributed by atoms with Gasteiger partial charge in [-0.2, -0.15) is 4.80 Å². The molecule has 0 aliphatic carbocycles. The lowest BCUT2D eigenvalue weighted by Crippen LogP contribution is -2.15. The van der Waals surface area contributed by atoms with Crippen molar-refractivity contribution in [1.29, 1.82) is 0 Å². The number of aromatic nitrogens is 4. The van der Waals surface area contributed by atoms with Crippen molar-refractivity contribution >= 4 is 11.6 Å². The highest BCUT2D eigenvalue weighted by atomic mass is 35.5. The van der Waals surface area contributed by atoms with E-state index < -0.39 is 0 Å². The zero-order valence-corrected chi connectivity index (χ0v) is 9.89. The van der Waals surface area contributed by atoms with Crippen molar-refractivity contribution in [1.82, 2.24) is 20.2 Å². The fourth-order valence-corrected chi connectivity index (χ4v) is 1.82. The molecule has 2 aromatic rings. The number of rotatable bonds is 3. The number of aryl methyl sites for hydroxylation is 1. The normalized spacial score (nSPS) is 12.7. The average Bonchev–Trinajstić information content (AvgIpc) is 2.63. The van der Waals surface area contributed by atoms with E-state index in [1.54, 1.807) is 13.1 Å². The van der Waals surface area contributed by atoms with E-state index in [1.807, 2.05) is 0 Å². The van der Waals surface area contributed by atoms with Gasteiger partial charge in [-0.25, -0.2) is 4.39 Å². The fourth-order valence-electron chi connectivity index (χ4n) is 1.51. The Morgan fingerprint density at radius 3 is 2.88 bits per heavy atom. The third-order valence-corrected chi connectivity index (χ3v) is 2.64. The predicted octanol–water partition coefficient (Wildman–Crippen LogP) is 1.25. The largest absolute Gasteiger partial charge is 0.324 e. The highest BCUT2D eigenvalue weighted by Gasteiger charge is 2.14. The molecule has 7 heteroatoms. The van der Waals surface area contributed by atoms with Gasteiger partial charge in [0, 0.05) is 17.5 Å². The summed E-state index contributed by atoms with van der Waals surface area (Å²) in [6.07, 6.45) is 0.402. The summed E-state index contributed by atoms with van der Waals surface area (Å²) in [6, 6.07) is 3.75. The van der Waals surface area contributed by atoms with Crippen LogP contribution in [-0.4, -0.2) is 20.2 Å². The van der Waals surface area contributed by atoms with Crippen LogP contribution in [0, 0.1) is 5.82 Å². The number of nitrogens with zero attached hydrogens (tertiary/aromatic N) is 4. The van der Waals surface area contributed by atoms with Crippen LogP contribution in [-0.2, 0) is 13.5 Å². The summed E-state index contributed by atoms with van der Waals surface area (Å²) in [5.41, 5.74) is 6.63. The Hall–Kier alpha value is -1.53. The Labute approximate surface area is 102 Å². The van der Waals surface area contributed by atoms with Gasteiger partial charge in [0.15, 0.2) is 5.82 Å². The standard InChI is InChI=1S/C10H11ClFN5/c1-17-15-10(14-16-17)5-9(13)7-3-2-6(12)4-8(7)11/h2-4,9H,5,13H2,1H3. The van der Waals surface area contributed by atoms with Crippen molar-refractivity contribution in [2.75, 3.05) is 0 Å². The van der Waals surface area contributed by atoms with Gasteiger partial charge in [0.2, 0.25) is 0 Å². The van der Waals surface area contributed by atoms with Crippen molar-refractivity contribution in [3.05, 3.63) is 40.4 Å². The molecule has 0 saturated carbocycles. The molecule has 0 aliphatic rings. The van der Waals surface area contributed by atoms with Crippen molar-refractivity contribution < 1.29 is 4.39 Å². The van der Waals surface area contributed by atoms with E-state index in [4.69, 9.17) is 17.3 Å². The quantitative estimate of drug-likeness (QED) is 0.896. The van der Waals surface area contributed by atoms with Gasteiger partial charge in [0.1, 0.15) is 5.82 Å². The maximum absolute atomic E-state index is 12.9. The third kappa shape index (κ3) is 2.78. The number of benzene rings is 1. The summed E-state index contributed by atoms with van der Waals surface area (Å²) >= 11 is 5.91. The number of halogens is 2. The maximum atomic E-state index is 12.9. The molecule has 0 bridgehead atoms. The van der Waals surface area contributed by atoms with Crippen LogP contribution in [0.25, 0.3) is 0 Å². The molecule has 0 amide bonds. The molecule has 2 N–H and O–H groups in total. The van der Waals surface area contributed by atoms with Gasteiger partial charge in [0.05, 0.1) is 7.05 Å².